The quantitative estimate of drug-likeness (QED) is 0.874. The first-order valence-electron chi connectivity index (χ1n) is 6.74. The highest BCUT2D eigenvalue weighted by molar-refractivity contribution is 5.90. The van der Waals surface area contributed by atoms with Crippen LogP contribution in [0.4, 0.5) is 5.88 Å². The number of nitrogens with one attached hydrogen (secondary N) is 1. The van der Waals surface area contributed by atoms with Crippen LogP contribution in [-0.4, -0.2) is 48.3 Å². The Morgan fingerprint density at radius 2 is 2.32 bits per heavy atom. The zero-order chi connectivity index (χ0) is 13.7. The normalized spacial score (nSPS) is 17.6. The van der Waals surface area contributed by atoms with Crippen molar-refractivity contribution in [1.82, 2.24) is 10.1 Å². The fraction of sp³-hybridized carbons (Fsp3) is 0.692. The molecule has 106 valence electrons. The molecule has 1 aliphatic rings. The Morgan fingerprint density at radius 3 is 2.89 bits per heavy atom. The van der Waals surface area contributed by atoms with Crippen LogP contribution >= 0.6 is 0 Å². The van der Waals surface area contributed by atoms with E-state index in [0.717, 1.165) is 38.2 Å². The van der Waals surface area contributed by atoms with E-state index >= 15 is 0 Å². The molecule has 0 aromatic carbocycles. The highest BCUT2D eigenvalue weighted by Gasteiger charge is 2.21. The summed E-state index contributed by atoms with van der Waals surface area (Å²) in [4.78, 5) is 14.0. The summed E-state index contributed by atoms with van der Waals surface area (Å²) in [5.41, 5.74) is 0.757. The lowest BCUT2D eigenvalue weighted by Crippen LogP contribution is -2.41. The molecule has 0 spiro atoms. The minimum Gasteiger partial charge on any atom is -0.378 e. The summed E-state index contributed by atoms with van der Waals surface area (Å²) in [5, 5.41) is 6.43. The van der Waals surface area contributed by atoms with E-state index in [-0.39, 0.29) is 5.91 Å². The van der Waals surface area contributed by atoms with Gasteiger partial charge >= 0.3 is 0 Å². The minimum atomic E-state index is -0.0639. The maximum absolute atomic E-state index is 11.8. The first-order valence-corrected chi connectivity index (χ1v) is 6.74. The minimum absolute atomic E-state index is 0.0639. The van der Waals surface area contributed by atoms with Crippen molar-refractivity contribution in [2.45, 2.75) is 32.8 Å². The first kappa shape index (κ1) is 14.0. The predicted octanol–water partition coefficient (Wildman–Crippen LogP) is 1.42. The van der Waals surface area contributed by atoms with Crippen molar-refractivity contribution in [3.63, 3.8) is 0 Å². The number of carbonyl (C=O) groups is 1. The Balaban J connectivity index is 1.71. The topological polar surface area (TPSA) is 67.6 Å². The van der Waals surface area contributed by atoms with Gasteiger partial charge < -0.3 is 9.26 Å². The largest absolute Gasteiger partial charge is 0.378 e. The average molecular weight is 267 g/mol. The Hall–Kier alpha value is -1.40. The number of carbonyl (C=O) groups excluding carboxylic acids is 1. The zero-order valence-corrected chi connectivity index (χ0v) is 11.5. The second-order valence-corrected chi connectivity index (χ2v) is 4.81. The molecule has 1 N–H and O–H groups in total. The van der Waals surface area contributed by atoms with Crippen molar-refractivity contribution in [3.05, 3.63) is 11.8 Å². The molecule has 1 aromatic rings. The molecule has 0 radical (unpaired) electrons. The van der Waals surface area contributed by atoms with Gasteiger partial charge in [-0.2, -0.15) is 0 Å². The van der Waals surface area contributed by atoms with Gasteiger partial charge in [-0.25, -0.2) is 0 Å². The number of aromatic nitrogens is 1. The van der Waals surface area contributed by atoms with Crippen molar-refractivity contribution in [2.24, 2.45) is 0 Å². The van der Waals surface area contributed by atoms with Crippen LogP contribution in [0, 0.1) is 6.92 Å². The zero-order valence-electron chi connectivity index (χ0n) is 11.5. The van der Waals surface area contributed by atoms with Gasteiger partial charge in [0.25, 0.3) is 0 Å². The van der Waals surface area contributed by atoms with Crippen LogP contribution in [0.25, 0.3) is 0 Å². The van der Waals surface area contributed by atoms with Gasteiger partial charge in [0, 0.05) is 25.8 Å². The van der Waals surface area contributed by atoms with Crippen LogP contribution in [0.3, 0.4) is 0 Å². The standard InChI is InChI=1S/C13H21N3O3/c1-3-18-11-4-6-16(7-5-11)9-12(17)14-13-8-10(2)15-19-13/h8,11H,3-7,9H2,1-2H3,(H,14,17). The van der Waals surface area contributed by atoms with Crippen molar-refractivity contribution >= 4 is 11.8 Å². The summed E-state index contributed by atoms with van der Waals surface area (Å²) in [6.07, 6.45) is 2.33. The molecule has 1 saturated heterocycles. The molecule has 1 amide bonds. The number of ether oxygens (including phenoxy) is 1. The van der Waals surface area contributed by atoms with Gasteiger partial charge in [-0.3, -0.25) is 15.0 Å². The maximum atomic E-state index is 11.8. The number of hydrogen-bond acceptors (Lipinski definition) is 5. The first-order chi connectivity index (χ1) is 9.17. The summed E-state index contributed by atoms with van der Waals surface area (Å²) in [6.45, 7) is 6.77. The van der Waals surface area contributed by atoms with Gasteiger partial charge in [-0.15, -0.1) is 0 Å². The van der Waals surface area contributed by atoms with Crippen molar-refractivity contribution in [2.75, 3.05) is 31.6 Å². The lowest BCUT2D eigenvalue weighted by Gasteiger charge is -2.30. The molecule has 0 bridgehead atoms. The van der Waals surface area contributed by atoms with Gasteiger partial charge in [-0.1, -0.05) is 5.16 Å². The van der Waals surface area contributed by atoms with Crippen molar-refractivity contribution < 1.29 is 14.1 Å². The molecular weight excluding hydrogens is 246 g/mol. The molecule has 2 heterocycles. The molecule has 19 heavy (non-hydrogen) atoms. The van der Waals surface area contributed by atoms with Crippen LogP contribution < -0.4 is 5.32 Å². The lowest BCUT2D eigenvalue weighted by molar-refractivity contribution is -0.118. The Bertz CT molecular complexity index is 411. The predicted molar refractivity (Wildman–Crippen MR) is 71.0 cm³/mol. The number of nitrogens with zero attached hydrogens (tertiary/aromatic N) is 2. The number of likely N-dealkylation sites (tertiary alicyclic amines) is 1. The molecule has 0 saturated carbocycles. The van der Waals surface area contributed by atoms with Crippen LogP contribution in [0.5, 0.6) is 0 Å². The smallest absolute Gasteiger partial charge is 0.240 e. The summed E-state index contributed by atoms with van der Waals surface area (Å²) < 4.78 is 10.5. The number of rotatable bonds is 5. The molecular formula is C13H21N3O3. The molecule has 1 aromatic heterocycles. The van der Waals surface area contributed by atoms with E-state index in [1.54, 1.807) is 6.07 Å². The number of hydrogen-bond donors (Lipinski definition) is 1. The SMILES string of the molecule is CCOC1CCN(CC(=O)Nc2cc(C)no2)CC1. The Morgan fingerprint density at radius 1 is 1.58 bits per heavy atom. The number of amides is 1. The number of anilines is 1. The summed E-state index contributed by atoms with van der Waals surface area (Å²) in [6, 6.07) is 1.71. The molecule has 2 rings (SSSR count). The second-order valence-electron chi connectivity index (χ2n) is 4.81. The molecule has 0 atom stereocenters. The van der Waals surface area contributed by atoms with E-state index in [4.69, 9.17) is 9.26 Å². The van der Waals surface area contributed by atoms with Gasteiger partial charge in [0.2, 0.25) is 11.8 Å². The van der Waals surface area contributed by atoms with Gasteiger partial charge in [0.1, 0.15) is 0 Å². The summed E-state index contributed by atoms with van der Waals surface area (Å²) in [5.74, 6) is 0.345. The summed E-state index contributed by atoms with van der Waals surface area (Å²) >= 11 is 0. The fourth-order valence-corrected chi connectivity index (χ4v) is 2.27. The van der Waals surface area contributed by atoms with Crippen LogP contribution in [-0.2, 0) is 9.53 Å². The Labute approximate surface area is 113 Å². The van der Waals surface area contributed by atoms with E-state index in [0.29, 0.717) is 18.5 Å². The molecule has 6 nitrogen and oxygen atoms in total. The lowest BCUT2D eigenvalue weighted by atomic mass is 10.1. The molecule has 0 unspecified atom stereocenters. The highest BCUT2D eigenvalue weighted by Crippen LogP contribution is 2.14. The van der Waals surface area contributed by atoms with E-state index in [2.05, 4.69) is 15.4 Å². The fourth-order valence-electron chi connectivity index (χ4n) is 2.27. The summed E-state index contributed by atoms with van der Waals surface area (Å²) in [7, 11) is 0. The molecule has 1 aliphatic heterocycles. The second kappa shape index (κ2) is 6.68. The maximum Gasteiger partial charge on any atom is 0.240 e. The molecule has 6 heteroatoms. The van der Waals surface area contributed by atoms with Gasteiger partial charge in [0.05, 0.1) is 18.3 Å². The van der Waals surface area contributed by atoms with E-state index < -0.39 is 0 Å². The van der Waals surface area contributed by atoms with Crippen LogP contribution in [0.15, 0.2) is 10.6 Å². The van der Waals surface area contributed by atoms with E-state index in [9.17, 15) is 4.79 Å². The number of aryl methyl sites for hydroxylation is 1. The third-order valence-electron chi connectivity index (χ3n) is 3.19. The van der Waals surface area contributed by atoms with E-state index in [1.807, 2.05) is 13.8 Å². The average Bonchev–Trinajstić information content (AvgIpc) is 2.77. The van der Waals surface area contributed by atoms with Crippen LogP contribution in [0.2, 0.25) is 0 Å². The third-order valence-corrected chi connectivity index (χ3v) is 3.19. The van der Waals surface area contributed by atoms with E-state index in [1.165, 1.54) is 0 Å². The number of piperidine rings is 1. The van der Waals surface area contributed by atoms with Crippen molar-refractivity contribution in [1.29, 1.82) is 0 Å². The van der Waals surface area contributed by atoms with Gasteiger partial charge in [-0.05, 0) is 26.7 Å². The van der Waals surface area contributed by atoms with Gasteiger partial charge in [0.15, 0.2) is 0 Å². The monoisotopic (exact) mass is 267 g/mol. The van der Waals surface area contributed by atoms with Crippen LogP contribution in [0.1, 0.15) is 25.5 Å². The molecule has 1 fully saturated rings. The van der Waals surface area contributed by atoms with Crippen molar-refractivity contribution in [3.8, 4) is 0 Å². The third kappa shape index (κ3) is 4.33. The highest BCUT2D eigenvalue weighted by atomic mass is 16.5. The Kier molecular flexibility index (Phi) is 4.93. The molecule has 0 aliphatic carbocycles.